The van der Waals surface area contributed by atoms with Gasteiger partial charge in [0.15, 0.2) is 0 Å². The minimum Gasteiger partial charge on any atom is -0.477 e. The summed E-state index contributed by atoms with van der Waals surface area (Å²) in [6.07, 6.45) is 0. The Morgan fingerprint density at radius 2 is 2.06 bits per heavy atom. The fourth-order valence-corrected chi connectivity index (χ4v) is 2.08. The summed E-state index contributed by atoms with van der Waals surface area (Å²) in [5.41, 5.74) is 1.16. The van der Waals surface area contributed by atoms with Crippen LogP contribution < -0.4 is 0 Å². The predicted octanol–water partition coefficient (Wildman–Crippen LogP) is 3.57. The summed E-state index contributed by atoms with van der Waals surface area (Å²) in [6.45, 7) is 3.90. The number of hydrogen-bond donors (Lipinski definition) is 1. The van der Waals surface area contributed by atoms with E-state index in [4.69, 9.17) is 16.7 Å². The first-order valence-corrected chi connectivity index (χ1v) is 5.42. The maximum absolute atomic E-state index is 11.1. The summed E-state index contributed by atoms with van der Waals surface area (Å²) in [5, 5.41) is 10.6. The number of carboxylic acid groups (broad SMARTS) is 1. The molecule has 2 aromatic rings. The van der Waals surface area contributed by atoms with Gasteiger partial charge < -0.3 is 9.67 Å². The Labute approximate surface area is 98.3 Å². The molecule has 1 heterocycles. The molecule has 2 rings (SSSR count). The van der Waals surface area contributed by atoms with Gasteiger partial charge in [0, 0.05) is 16.5 Å². The third kappa shape index (κ3) is 1.67. The highest BCUT2D eigenvalue weighted by molar-refractivity contribution is 6.31. The summed E-state index contributed by atoms with van der Waals surface area (Å²) in [7, 11) is 0. The highest BCUT2D eigenvalue weighted by atomic mass is 35.5. The molecule has 0 bridgehead atoms. The zero-order valence-corrected chi connectivity index (χ0v) is 9.82. The molecule has 0 fully saturated rings. The Morgan fingerprint density at radius 3 is 2.62 bits per heavy atom. The molecule has 0 unspecified atom stereocenters. The van der Waals surface area contributed by atoms with Gasteiger partial charge >= 0.3 is 5.97 Å². The van der Waals surface area contributed by atoms with Crippen LogP contribution >= 0.6 is 11.6 Å². The van der Waals surface area contributed by atoms with E-state index in [0.717, 1.165) is 10.9 Å². The van der Waals surface area contributed by atoms with Crippen LogP contribution in [0.3, 0.4) is 0 Å². The largest absolute Gasteiger partial charge is 0.477 e. The molecule has 0 aliphatic heterocycles. The SMILES string of the molecule is CC(C)n1c(C(=O)O)cc2ccc(Cl)cc21. The van der Waals surface area contributed by atoms with Crippen molar-refractivity contribution in [2.24, 2.45) is 0 Å². The molecule has 84 valence electrons. The quantitative estimate of drug-likeness (QED) is 0.868. The Bertz CT molecular complexity index is 557. The monoisotopic (exact) mass is 237 g/mol. The highest BCUT2D eigenvalue weighted by Crippen LogP contribution is 2.26. The van der Waals surface area contributed by atoms with Gasteiger partial charge in [-0.2, -0.15) is 0 Å². The minimum absolute atomic E-state index is 0.0852. The number of hydrogen-bond acceptors (Lipinski definition) is 1. The molecule has 4 heteroatoms. The van der Waals surface area contributed by atoms with Crippen LogP contribution in [0.25, 0.3) is 10.9 Å². The van der Waals surface area contributed by atoms with Crippen LogP contribution in [0.5, 0.6) is 0 Å². The van der Waals surface area contributed by atoms with Crippen LogP contribution in [0.15, 0.2) is 24.3 Å². The van der Waals surface area contributed by atoms with Crippen molar-refractivity contribution in [2.45, 2.75) is 19.9 Å². The predicted molar refractivity (Wildman–Crippen MR) is 64.3 cm³/mol. The lowest BCUT2D eigenvalue weighted by Gasteiger charge is -2.12. The Morgan fingerprint density at radius 1 is 1.38 bits per heavy atom. The number of rotatable bonds is 2. The summed E-state index contributed by atoms with van der Waals surface area (Å²) >= 11 is 5.92. The van der Waals surface area contributed by atoms with Crippen LogP contribution in [-0.4, -0.2) is 15.6 Å². The number of halogens is 1. The minimum atomic E-state index is -0.916. The molecule has 0 aliphatic rings. The fraction of sp³-hybridized carbons (Fsp3) is 0.250. The third-order valence-electron chi connectivity index (χ3n) is 2.54. The molecule has 16 heavy (non-hydrogen) atoms. The lowest BCUT2D eigenvalue weighted by molar-refractivity contribution is 0.0684. The molecule has 0 saturated heterocycles. The lowest BCUT2D eigenvalue weighted by atomic mass is 10.2. The van der Waals surface area contributed by atoms with Crippen LogP contribution in [-0.2, 0) is 0 Å². The van der Waals surface area contributed by atoms with Crippen molar-refractivity contribution in [1.29, 1.82) is 0 Å². The van der Waals surface area contributed by atoms with Crippen LogP contribution in [0.4, 0.5) is 0 Å². The van der Waals surface area contributed by atoms with Gasteiger partial charge in [0.05, 0.1) is 5.52 Å². The van der Waals surface area contributed by atoms with Crippen molar-refractivity contribution in [3.05, 3.63) is 35.0 Å². The van der Waals surface area contributed by atoms with Crippen LogP contribution in [0.2, 0.25) is 5.02 Å². The molecule has 0 spiro atoms. The van der Waals surface area contributed by atoms with E-state index in [1.807, 2.05) is 19.9 Å². The molecular formula is C12H12ClNO2. The summed E-state index contributed by atoms with van der Waals surface area (Å²) in [4.78, 5) is 11.1. The fourth-order valence-electron chi connectivity index (χ4n) is 1.92. The van der Waals surface area contributed by atoms with Crippen LogP contribution in [0, 0.1) is 0 Å². The second kappa shape index (κ2) is 3.83. The lowest BCUT2D eigenvalue weighted by Crippen LogP contribution is -2.10. The maximum Gasteiger partial charge on any atom is 0.352 e. The zero-order valence-electron chi connectivity index (χ0n) is 9.07. The highest BCUT2D eigenvalue weighted by Gasteiger charge is 2.16. The van der Waals surface area contributed by atoms with Gasteiger partial charge in [-0.05, 0) is 32.0 Å². The average molecular weight is 238 g/mol. The first-order chi connectivity index (χ1) is 7.50. The van der Waals surface area contributed by atoms with Crippen molar-refractivity contribution < 1.29 is 9.90 Å². The molecule has 0 saturated carbocycles. The van der Waals surface area contributed by atoms with E-state index >= 15 is 0 Å². The number of fused-ring (bicyclic) bond motifs is 1. The van der Waals surface area contributed by atoms with Gasteiger partial charge in [-0.25, -0.2) is 4.79 Å². The van der Waals surface area contributed by atoms with Crippen LogP contribution in [0.1, 0.15) is 30.4 Å². The number of aromatic nitrogens is 1. The molecule has 0 atom stereocenters. The van der Waals surface area contributed by atoms with Crippen molar-refractivity contribution in [3.63, 3.8) is 0 Å². The number of aromatic carboxylic acids is 1. The van der Waals surface area contributed by atoms with Gasteiger partial charge in [0.1, 0.15) is 5.69 Å². The van der Waals surface area contributed by atoms with E-state index < -0.39 is 5.97 Å². The number of nitrogens with zero attached hydrogens (tertiary/aromatic N) is 1. The van der Waals surface area contributed by atoms with Crippen molar-refractivity contribution >= 4 is 28.5 Å². The van der Waals surface area contributed by atoms with Gasteiger partial charge in [-0.15, -0.1) is 0 Å². The molecule has 1 N–H and O–H groups in total. The summed E-state index contributed by atoms with van der Waals surface area (Å²) in [6, 6.07) is 7.16. The van der Waals surface area contributed by atoms with Gasteiger partial charge in [-0.1, -0.05) is 17.7 Å². The molecule has 3 nitrogen and oxygen atoms in total. The second-order valence-electron chi connectivity index (χ2n) is 4.00. The molecule has 1 aromatic heterocycles. The summed E-state index contributed by atoms with van der Waals surface area (Å²) < 4.78 is 1.78. The Balaban J connectivity index is 2.82. The van der Waals surface area contributed by atoms with Gasteiger partial charge in [0.2, 0.25) is 0 Å². The van der Waals surface area contributed by atoms with E-state index in [1.165, 1.54) is 0 Å². The van der Waals surface area contributed by atoms with E-state index in [9.17, 15) is 4.79 Å². The molecule has 1 aromatic carbocycles. The van der Waals surface area contributed by atoms with E-state index in [0.29, 0.717) is 10.7 Å². The van der Waals surface area contributed by atoms with Crippen molar-refractivity contribution in [1.82, 2.24) is 4.57 Å². The molecule has 0 radical (unpaired) electrons. The first-order valence-electron chi connectivity index (χ1n) is 5.04. The molecule has 0 amide bonds. The first kappa shape index (κ1) is 11.0. The molecular weight excluding hydrogens is 226 g/mol. The van der Waals surface area contributed by atoms with Crippen molar-refractivity contribution in [3.8, 4) is 0 Å². The smallest absolute Gasteiger partial charge is 0.352 e. The Kier molecular flexibility index (Phi) is 2.64. The third-order valence-corrected chi connectivity index (χ3v) is 2.77. The summed E-state index contributed by atoms with van der Waals surface area (Å²) in [5.74, 6) is -0.916. The van der Waals surface area contributed by atoms with Gasteiger partial charge in [0.25, 0.3) is 0 Å². The number of carboxylic acids is 1. The van der Waals surface area contributed by atoms with E-state index in [-0.39, 0.29) is 6.04 Å². The normalized spacial score (nSPS) is 11.2. The average Bonchev–Trinajstić information content (AvgIpc) is 2.55. The van der Waals surface area contributed by atoms with E-state index in [1.54, 1.807) is 22.8 Å². The zero-order chi connectivity index (χ0) is 11.9. The van der Waals surface area contributed by atoms with Crippen molar-refractivity contribution in [2.75, 3.05) is 0 Å². The second-order valence-corrected chi connectivity index (χ2v) is 4.44. The number of carbonyl (C=O) groups is 1. The molecule has 0 aliphatic carbocycles. The van der Waals surface area contributed by atoms with E-state index in [2.05, 4.69) is 0 Å². The Hall–Kier alpha value is -1.48. The topological polar surface area (TPSA) is 42.2 Å². The standard InChI is InChI=1S/C12H12ClNO2/c1-7(2)14-10-6-9(13)4-3-8(10)5-11(14)12(15)16/h3-7H,1-2H3,(H,15,16). The number of benzene rings is 1. The maximum atomic E-state index is 11.1. The van der Waals surface area contributed by atoms with Gasteiger partial charge in [-0.3, -0.25) is 0 Å².